The van der Waals surface area contributed by atoms with Crippen LogP contribution in [0, 0.1) is 0 Å². The van der Waals surface area contributed by atoms with Crippen LogP contribution in [0.1, 0.15) is 30.9 Å². The second kappa shape index (κ2) is 6.54. The van der Waals surface area contributed by atoms with Crippen molar-refractivity contribution in [3.8, 4) is 11.5 Å². The highest BCUT2D eigenvalue weighted by Crippen LogP contribution is 2.40. The molecular formula is C14H19BrO5S. The van der Waals surface area contributed by atoms with Crippen molar-refractivity contribution in [2.24, 2.45) is 0 Å². The Kier molecular flexibility index (Phi) is 5.16. The average molecular weight is 379 g/mol. The maximum Gasteiger partial charge on any atom is 0.156 e. The van der Waals surface area contributed by atoms with Crippen LogP contribution in [0.3, 0.4) is 0 Å². The summed E-state index contributed by atoms with van der Waals surface area (Å²) in [5, 5.41) is 9.79. The van der Waals surface area contributed by atoms with E-state index < -0.39 is 21.2 Å². The van der Waals surface area contributed by atoms with E-state index in [1.165, 1.54) is 14.2 Å². The predicted octanol–water partition coefficient (Wildman–Crippen LogP) is 2.47. The van der Waals surface area contributed by atoms with Crippen LogP contribution in [0.4, 0.5) is 0 Å². The molecule has 1 heterocycles. The molecule has 1 aliphatic heterocycles. The number of rotatable bonds is 4. The first-order valence-corrected chi connectivity index (χ1v) is 9.22. The Morgan fingerprint density at radius 3 is 2.48 bits per heavy atom. The Morgan fingerprint density at radius 2 is 1.90 bits per heavy atom. The summed E-state index contributed by atoms with van der Waals surface area (Å²) in [7, 11) is -0.284. The summed E-state index contributed by atoms with van der Waals surface area (Å²) < 4.78 is 35.5. The van der Waals surface area contributed by atoms with Crippen LogP contribution >= 0.6 is 15.9 Å². The smallest absolute Gasteiger partial charge is 0.156 e. The van der Waals surface area contributed by atoms with Crippen molar-refractivity contribution < 1.29 is 23.0 Å². The van der Waals surface area contributed by atoms with Gasteiger partial charge in [-0.1, -0.05) is 6.42 Å². The van der Waals surface area contributed by atoms with Crippen molar-refractivity contribution in [3.63, 3.8) is 0 Å². The fraction of sp³-hybridized carbons (Fsp3) is 0.571. The van der Waals surface area contributed by atoms with E-state index >= 15 is 0 Å². The lowest BCUT2D eigenvalue weighted by Gasteiger charge is -2.28. The quantitative estimate of drug-likeness (QED) is 0.870. The van der Waals surface area contributed by atoms with E-state index in [9.17, 15) is 13.5 Å². The van der Waals surface area contributed by atoms with Crippen molar-refractivity contribution in [2.75, 3.05) is 20.0 Å². The lowest BCUT2D eigenvalue weighted by atomic mass is 10.0. The van der Waals surface area contributed by atoms with Crippen LogP contribution in [-0.4, -0.2) is 38.7 Å². The molecule has 0 aromatic heterocycles. The summed E-state index contributed by atoms with van der Waals surface area (Å²) >= 11 is 3.34. The zero-order valence-corrected chi connectivity index (χ0v) is 14.4. The molecule has 0 bridgehead atoms. The lowest BCUT2D eigenvalue weighted by Crippen LogP contribution is -2.34. The van der Waals surface area contributed by atoms with Crippen molar-refractivity contribution in [2.45, 2.75) is 30.6 Å². The first-order chi connectivity index (χ1) is 9.90. The molecule has 7 heteroatoms. The number of aliphatic hydroxyl groups excluding tert-OH is 1. The van der Waals surface area contributed by atoms with Gasteiger partial charge in [0.05, 0.1) is 35.8 Å². The summed E-state index contributed by atoms with van der Waals surface area (Å²) in [5.74, 6) is 1.10. The van der Waals surface area contributed by atoms with Crippen molar-refractivity contribution in [1.82, 2.24) is 0 Å². The van der Waals surface area contributed by atoms with Crippen LogP contribution in [0.25, 0.3) is 0 Å². The second-order valence-electron chi connectivity index (χ2n) is 5.07. The van der Waals surface area contributed by atoms with Gasteiger partial charge in [0, 0.05) is 5.56 Å². The van der Waals surface area contributed by atoms with Gasteiger partial charge >= 0.3 is 0 Å². The van der Waals surface area contributed by atoms with Crippen molar-refractivity contribution in [3.05, 3.63) is 22.2 Å². The van der Waals surface area contributed by atoms with Crippen LogP contribution < -0.4 is 9.47 Å². The highest BCUT2D eigenvalue weighted by molar-refractivity contribution is 9.10. The van der Waals surface area contributed by atoms with Crippen molar-refractivity contribution >= 4 is 25.8 Å². The molecule has 2 unspecified atom stereocenters. The SMILES string of the molecule is COc1cc(C(O)C2CCCCS2(=O)=O)c(OC)cc1Br. The van der Waals surface area contributed by atoms with E-state index in [1.807, 2.05) is 0 Å². The highest BCUT2D eigenvalue weighted by atomic mass is 79.9. The molecule has 1 fully saturated rings. The Balaban J connectivity index is 2.44. The summed E-state index contributed by atoms with van der Waals surface area (Å²) in [5.41, 5.74) is 0.438. The average Bonchev–Trinajstić information content (AvgIpc) is 2.45. The third-order valence-electron chi connectivity index (χ3n) is 3.80. The molecule has 1 aliphatic rings. The molecule has 2 rings (SSSR count). The third kappa shape index (κ3) is 3.35. The molecule has 118 valence electrons. The fourth-order valence-corrected chi connectivity index (χ4v) is 5.11. The molecule has 1 aromatic carbocycles. The largest absolute Gasteiger partial charge is 0.496 e. The number of benzene rings is 1. The zero-order chi connectivity index (χ0) is 15.6. The first-order valence-electron chi connectivity index (χ1n) is 6.71. The highest BCUT2D eigenvalue weighted by Gasteiger charge is 2.37. The molecule has 1 aromatic rings. The van der Waals surface area contributed by atoms with Crippen LogP contribution in [-0.2, 0) is 9.84 Å². The molecule has 5 nitrogen and oxygen atoms in total. The summed E-state index contributed by atoms with van der Waals surface area (Å²) in [6, 6.07) is 3.30. The minimum Gasteiger partial charge on any atom is -0.496 e. The predicted molar refractivity (Wildman–Crippen MR) is 83.6 cm³/mol. The number of halogens is 1. The van der Waals surface area contributed by atoms with Crippen LogP contribution in [0.15, 0.2) is 16.6 Å². The molecule has 0 spiro atoms. The van der Waals surface area contributed by atoms with Gasteiger partial charge in [-0.15, -0.1) is 0 Å². The minimum atomic E-state index is -3.28. The Morgan fingerprint density at radius 1 is 1.24 bits per heavy atom. The maximum atomic E-state index is 12.2. The number of hydrogen-bond donors (Lipinski definition) is 1. The lowest BCUT2D eigenvalue weighted by molar-refractivity contribution is 0.160. The van der Waals surface area contributed by atoms with E-state index in [0.717, 1.165) is 6.42 Å². The van der Waals surface area contributed by atoms with Crippen LogP contribution in [0.2, 0.25) is 0 Å². The zero-order valence-electron chi connectivity index (χ0n) is 12.0. The van der Waals surface area contributed by atoms with E-state index in [4.69, 9.17) is 9.47 Å². The number of methoxy groups -OCH3 is 2. The van der Waals surface area contributed by atoms with E-state index in [1.54, 1.807) is 12.1 Å². The summed E-state index contributed by atoms with van der Waals surface area (Å²) in [6.07, 6.45) is 0.807. The normalized spacial score (nSPS) is 22.6. The molecule has 0 saturated carbocycles. The molecule has 0 radical (unpaired) electrons. The summed E-state index contributed by atoms with van der Waals surface area (Å²) in [6.45, 7) is 0. The molecule has 1 N–H and O–H groups in total. The van der Waals surface area contributed by atoms with Gasteiger partial charge < -0.3 is 14.6 Å². The Labute approximate surface area is 133 Å². The van der Waals surface area contributed by atoms with Gasteiger partial charge in [-0.2, -0.15) is 0 Å². The minimum absolute atomic E-state index is 0.130. The molecule has 21 heavy (non-hydrogen) atoms. The first kappa shape index (κ1) is 16.6. The molecular weight excluding hydrogens is 360 g/mol. The van der Waals surface area contributed by atoms with Gasteiger partial charge in [-0.05, 0) is 40.9 Å². The van der Waals surface area contributed by atoms with Crippen molar-refractivity contribution in [1.29, 1.82) is 0 Å². The Hall–Kier alpha value is -0.790. The third-order valence-corrected chi connectivity index (χ3v) is 6.70. The maximum absolute atomic E-state index is 12.2. The topological polar surface area (TPSA) is 72.8 Å². The van der Waals surface area contributed by atoms with Gasteiger partial charge in [0.2, 0.25) is 0 Å². The van der Waals surface area contributed by atoms with Gasteiger partial charge in [0.1, 0.15) is 11.5 Å². The van der Waals surface area contributed by atoms with Gasteiger partial charge in [0.25, 0.3) is 0 Å². The van der Waals surface area contributed by atoms with Gasteiger partial charge in [-0.3, -0.25) is 0 Å². The molecule has 0 amide bonds. The molecule has 1 saturated heterocycles. The standard InChI is InChI=1S/C14H19BrO5S/c1-19-11-8-10(15)12(20-2)7-9(11)14(16)13-5-3-4-6-21(13,17)18/h7-8,13-14,16H,3-6H2,1-2H3. The number of hydrogen-bond acceptors (Lipinski definition) is 5. The molecule has 0 aliphatic carbocycles. The van der Waals surface area contributed by atoms with E-state index in [2.05, 4.69) is 15.9 Å². The monoisotopic (exact) mass is 378 g/mol. The van der Waals surface area contributed by atoms with E-state index in [0.29, 0.717) is 34.4 Å². The van der Waals surface area contributed by atoms with Gasteiger partial charge in [0.15, 0.2) is 9.84 Å². The molecule has 2 atom stereocenters. The number of ether oxygens (including phenoxy) is 2. The van der Waals surface area contributed by atoms with Crippen LogP contribution in [0.5, 0.6) is 11.5 Å². The second-order valence-corrected chi connectivity index (χ2v) is 8.27. The van der Waals surface area contributed by atoms with Gasteiger partial charge in [-0.25, -0.2) is 8.42 Å². The fourth-order valence-electron chi connectivity index (χ4n) is 2.65. The number of sulfone groups is 1. The summed E-state index contributed by atoms with van der Waals surface area (Å²) in [4.78, 5) is 0. The number of aliphatic hydroxyl groups is 1. The Bertz CT molecular complexity index is 614. The van der Waals surface area contributed by atoms with E-state index in [-0.39, 0.29) is 5.75 Å².